The normalized spacial score (nSPS) is 37.4. The number of hydrogen-bond donors (Lipinski definition) is 3. The Hall–Kier alpha value is -0.570. The summed E-state index contributed by atoms with van der Waals surface area (Å²) in [7, 11) is 1.84. The summed E-state index contributed by atoms with van der Waals surface area (Å²) in [5.41, 5.74) is 0.137. The highest BCUT2D eigenvalue weighted by Crippen LogP contribution is 2.52. The summed E-state index contributed by atoms with van der Waals surface area (Å²) in [6.07, 6.45) is 7.95. The third kappa shape index (κ3) is 4.38. The van der Waals surface area contributed by atoms with Crippen LogP contribution in [-0.2, 0) is 9.53 Å². The third-order valence-electron chi connectivity index (χ3n) is 6.93. The van der Waals surface area contributed by atoms with E-state index in [-0.39, 0.29) is 41.2 Å². The average Bonchev–Trinajstić information content (AvgIpc) is 3.32. The van der Waals surface area contributed by atoms with Crippen molar-refractivity contribution in [2.24, 2.45) is 22.2 Å². The number of nitrogens with one attached hydrogen (secondary N) is 3. The first kappa shape index (κ1) is 21.1. The second-order valence-electron chi connectivity index (χ2n) is 9.25. The maximum Gasteiger partial charge on any atom is 0.223 e. The molecule has 3 aliphatic carbocycles. The van der Waals surface area contributed by atoms with Gasteiger partial charge in [0, 0.05) is 49.0 Å². The van der Waals surface area contributed by atoms with Crippen molar-refractivity contribution in [3.63, 3.8) is 0 Å². The van der Waals surface area contributed by atoms with Crippen LogP contribution in [-0.4, -0.2) is 49.8 Å². The fourth-order valence-corrected chi connectivity index (χ4v) is 5.23. The summed E-state index contributed by atoms with van der Waals surface area (Å²) >= 11 is 0. The Balaban J connectivity index is 0.00000210. The Bertz CT molecular complexity index is 578. The van der Waals surface area contributed by atoms with Gasteiger partial charge in [-0.25, -0.2) is 0 Å². The minimum atomic E-state index is 0. The SMILES string of the molecule is CN=C(NC1CCCC(C(=O)NC2CC2)C1)NC1C2CCOC2C1(C)C.I. The topological polar surface area (TPSA) is 74.8 Å². The highest BCUT2D eigenvalue weighted by atomic mass is 127. The van der Waals surface area contributed by atoms with Crippen LogP contribution in [0.4, 0.5) is 0 Å². The van der Waals surface area contributed by atoms with E-state index in [0.717, 1.165) is 57.5 Å². The van der Waals surface area contributed by atoms with Crippen LogP contribution in [0.1, 0.15) is 58.8 Å². The van der Waals surface area contributed by atoms with E-state index in [0.29, 0.717) is 30.1 Å². The first-order valence-electron chi connectivity index (χ1n) is 10.4. The van der Waals surface area contributed by atoms with Gasteiger partial charge in [-0.2, -0.15) is 0 Å². The van der Waals surface area contributed by atoms with Crippen LogP contribution < -0.4 is 16.0 Å². The molecule has 0 aromatic rings. The summed E-state index contributed by atoms with van der Waals surface area (Å²) in [5.74, 6) is 1.87. The number of aliphatic imine (C=N–C) groups is 1. The number of hydrogen-bond acceptors (Lipinski definition) is 3. The highest BCUT2D eigenvalue weighted by Gasteiger charge is 2.59. The molecule has 6 nitrogen and oxygen atoms in total. The Kier molecular flexibility index (Phi) is 6.60. The molecule has 4 fully saturated rings. The van der Waals surface area contributed by atoms with Crippen LogP contribution in [0.3, 0.4) is 0 Å². The molecule has 3 saturated carbocycles. The van der Waals surface area contributed by atoms with Crippen molar-refractivity contribution >= 4 is 35.8 Å². The monoisotopic (exact) mass is 490 g/mol. The largest absolute Gasteiger partial charge is 0.377 e. The summed E-state index contributed by atoms with van der Waals surface area (Å²) in [6.45, 7) is 5.44. The van der Waals surface area contributed by atoms with Crippen molar-refractivity contribution in [2.45, 2.75) is 83.0 Å². The Morgan fingerprint density at radius 1 is 1.04 bits per heavy atom. The number of rotatable bonds is 4. The fourth-order valence-electron chi connectivity index (χ4n) is 5.23. The van der Waals surface area contributed by atoms with Crippen LogP contribution in [0.15, 0.2) is 4.99 Å². The molecule has 27 heavy (non-hydrogen) atoms. The smallest absolute Gasteiger partial charge is 0.223 e. The minimum Gasteiger partial charge on any atom is -0.377 e. The van der Waals surface area contributed by atoms with Crippen LogP contribution in [0.25, 0.3) is 0 Å². The lowest BCUT2D eigenvalue weighted by Gasteiger charge is -2.55. The number of carbonyl (C=O) groups excluding carboxylic acids is 1. The molecule has 1 aliphatic heterocycles. The van der Waals surface area contributed by atoms with E-state index in [9.17, 15) is 4.79 Å². The van der Waals surface area contributed by atoms with E-state index >= 15 is 0 Å². The summed E-state index contributed by atoms with van der Waals surface area (Å²) in [6, 6.07) is 1.18. The van der Waals surface area contributed by atoms with Crippen LogP contribution in [0.2, 0.25) is 0 Å². The fraction of sp³-hybridized carbons (Fsp3) is 0.900. The molecule has 154 valence electrons. The summed E-state index contributed by atoms with van der Waals surface area (Å²) < 4.78 is 5.89. The van der Waals surface area contributed by atoms with Gasteiger partial charge in [-0.3, -0.25) is 9.79 Å². The van der Waals surface area contributed by atoms with Gasteiger partial charge in [0.25, 0.3) is 0 Å². The summed E-state index contributed by atoms with van der Waals surface area (Å²) in [5, 5.41) is 10.4. The summed E-state index contributed by atoms with van der Waals surface area (Å²) in [4.78, 5) is 16.9. The average molecular weight is 490 g/mol. The minimum absolute atomic E-state index is 0. The lowest BCUT2D eigenvalue weighted by molar-refractivity contribution is -0.126. The predicted octanol–water partition coefficient (Wildman–Crippen LogP) is 2.42. The highest BCUT2D eigenvalue weighted by molar-refractivity contribution is 14.0. The molecule has 1 amide bonds. The van der Waals surface area contributed by atoms with E-state index < -0.39 is 0 Å². The number of halogens is 1. The van der Waals surface area contributed by atoms with Gasteiger partial charge in [0.05, 0.1) is 6.10 Å². The number of nitrogens with zero attached hydrogens (tertiary/aromatic N) is 1. The molecule has 0 radical (unpaired) electrons. The molecule has 0 aromatic heterocycles. The number of fused-ring (bicyclic) bond motifs is 1. The van der Waals surface area contributed by atoms with Gasteiger partial charge in [-0.1, -0.05) is 20.3 Å². The van der Waals surface area contributed by atoms with Gasteiger partial charge in [-0.05, 0) is 38.5 Å². The molecule has 1 saturated heterocycles. The van der Waals surface area contributed by atoms with E-state index in [4.69, 9.17) is 4.74 Å². The van der Waals surface area contributed by atoms with Crippen LogP contribution >= 0.6 is 24.0 Å². The van der Waals surface area contributed by atoms with Gasteiger partial charge in [0.1, 0.15) is 0 Å². The van der Waals surface area contributed by atoms with E-state index in [1.807, 2.05) is 7.05 Å². The van der Waals surface area contributed by atoms with Crippen molar-refractivity contribution in [1.29, 1.82) is 0 Å². The number of carbonyl (C=O) groups is 1. The zero-order chi connectivity index (χ0) is 18.3. The molecule has 7 heteroatoms. The van der Waals surface area contributed by atoms with E-state index in [1.54, 1.807) is 0 Å². The van der Waals surface area contributed by atoms with Crippen molar-refractivity contribution in [3.05, 3.63) is 0 Å². The Morgan fingerprint density at radius 3 is 2.52 bits per heavy atom. The molecule has 1 heterocycles. The molecular weight excluding hydrogens is 455 g/mol. The molecule has 0 spiro atoms. The number of ether oxygens (including phenoxy) is 1. The van der Waals surface area contributed by atoms with Gasteiger partial charge in [0.15, 0.2) is 5.96 Å². The maximum absolute atomic E-state index is 12.4. The molecular formula is C20H35IN4O2. The van der Waals surface area contributed by atoms with Gasteiger partial charge in [0.2, 0.25) is 5.91 Å². The van der Waals surface area contributed by atoms with Crippen LogP contribution in [0.5, 0.6) is 0 Å². The standard InChI is InChI=1S/C20H34N4O2.HI/c1-20(2)16(15-9-10-26-17(15)20)24-19(21-3)23-14-6-4-5-12(11-14)18(25)22-13-7-8-13;/h12-17H,4-11H2,1-3H3,(H,22,25)(H2,21,23,24);1H. The zero-order valence-corrected chi connectivity index (χ0v) is 19.1. The third-order valence-corrected chi connectivity index (χ3v) is 6.93. The van der Waals surface area contributed by atoms with Gasteiger partial charge >= 0.3 is 0 Å². The molecule has 0 aromatic carbocycles. The van der Waals surface area contributed by atoms with Crippen molar-refractivity contribution in [1.82, 2.24) is 16.0 Å². The number of amides is 1. The Labute approximate surface area is 180 Å². The lowest BCUT2D eigenvalue weighted by Crippen LogP contribution is -2.68. The first-order chi connectivity index (χ1) is 12.5. The Morgan fingerprint density at radius 2 is 1.81 bits per heavy atom. The molecule has 4 aliphatic rings. The van der Waals surface area contributed by atoms with Crippen LogP contribution in [0, 0.1) is 17.3 Å². The first-order valence-corrected chi connectivity index (χ1v) is 10.4. The van der Waals surface area contributed by atoms with E-state index in [1.165, 1.54) is 0 Å². The number of guanidine groups is 1. The zero-order valence-electron chi connectivity index (χ0n) is 16.8. The second kappa shape index (κ2) is 8.43. The van der Waals surface area contributed by atoms with E-state index in [2.05, 4.69) is 34.8 Å². The van der Waals surface area contributed by atoms with Gasteiger partial charge in [-0.15, -0.1) is 24.0 Å². The maximum atomic E-state index is 12.4. The quantitative estimate of drug-likeness (QED) is 0.322. The molecule has 5 unspecified atom stereocenters. The van der Waals surface area contributed by atoms with Crippen molar-refractivity contribution in [2.75, 3.05) is 13.7 Å². The molecule has 4 rings (SSSR count). The van der Waals surface area contributed by atoms with Gasteiger partial charge < -0.3 is 20.7 Å². The molecule has 0 bridgehead atoms. The van der Waals surface area contributed by atoms with Crippen molar-refractivity contribution in [3.8, 4) is 0 Å². The second-order valence-corrected chi connectivity index (χ2v) is 9.25. The predicted molar refractivity (Wildman–Crippen MR) is 117 cm³/mol. The lowest BCUT2D eigenvalue weighted by atomic mass is 9.57. The molecule has 3 N–H and O–H groups in total. The van der Waals surface area contributed by atoms with Crippen molar-refractivity contribution < 1.29 is 9.53 Å². The molecule has 5 atom stereocenters.